The number of pyridine rings is 2. The molecule has 9 rings (SSSR count). The molecule has 0 aliphatic heterocycles. The molecular weight excluding hydrogens is 558 g/mol. The topological polar surface area (TPSA) is 30.2 Å². The molecule has 3 aromatic heterocycles. The van der Waals surface area contributed by atoms with Crippen molar-refractivity contribution in [2.75, 3.05) is 0 Å². The van der Waals surface area contributed by atoms with E-state index in [0.29, 0.717) is 0 Å². The number of imidazole rings is 1. The van der Waals surface area contributed by atoms with Gasteiger partial charge in [-0.05, 0) is 68.8 Å². The third-order valence-corrected chi connectivity index (χ3v) is 9.39. The van der Waals surface area contributed by atoms with Gasteiger partial charge in [0.05, 0.1) is 16.8 Å². The van der Waals surface area contributed by atoms with Crippen molar-refractivity contribution in [3.63, 3.8) is 0 Å². The minimum atomic E-state index is -0.418. The minimum absolute atomic E-state index is 0.418. The Balaban J connectivity index is 1.25. The number of hydrogen-bond donors (Lipinski definition) is 0. The molecule has 3 nitrogen and oxygen atoms in total. The maximum absolute atomic E-state index is 4.99. The van der Waals surface area contributed by atoms with Gasteiger partial charge in [-0.2, -0.15) is 0 Å². The number of benzene rings is 5. The van der Waals surface area contributed by atoms with Crippen molar-refractivity contribution < 1.29 is 0 Å². The van der Waals surface area contributed by atoms with Crippen LogP contribution in [0.5, 0.6) is 0 Å². The average Bonchev–Trinajstić information content (AvgIpc) is 3.68. The van der Waals surface area contributed by atoms with E-state index < -0.39 is 5.41 Å². The lowest BCUT2D eigenvalue weighted by Crippen LogP contribution is -2.28. The van der Waals surface area contributed by atoms with Crippen molar-refractivity contribution in [3.05, 3.63) is 198 Å². The summed E-state index contributed by atoms with van der Waals surface area (Å²) in [6, 6.07) is 58.7. The van der Waals surface area contributed by atoms with Crippen LogP contribution in [0.3, 0.4) is 0 Å². The lowest BCUT2D eigenvalue weighted by Gasteiger charge is -2.34. The summed E-state index contributed by atoms with van der Waals surface area (Å²) in [6.07, 6.45) is 3.90. The molecule has 0 spiro atoms. The van der Waals surface area contributed by atoms with Crippen LogP contribution < -0.4 is 0 Å². The Labute approximate surface area is 268 Å². The highest BCUT2D eigenvalue weighted by Gasteiger charge is 2.46. The van der Waals surface area contributed by atoms with Gasteiger partial charge in [-0.25, -0.2) is 4.98 Å². The Hall–Kier alpha value is -6.06. The van der Waals surface area contributed by atoms with E-state index in [4.69, 9.17) is 4.98 Å². The fraction of sp³-hybridized carbons (Fsp3) is 0.0233. The molecule has 0 saturated heterocycles. The van der Waals surface area contributed by atoms with Gasteiger partial charge in [0.15, 0.2) is 0 Å². The van der Waals surface area contributed by atoms with Crippen molar-refractivity contribution in [2.45, 2.75) is 5.41 Å². The normalized spacial score (nSPS) is 13.0. The molecule has 0 unspecified atom stereocenters. The lowest BCUT2D eigenvalue weighted by molar-refractivity contribution is 0.768. The standard InChI is InChI=1S/C43H29N3/c1-3-14-32(15-4-1)43(33-16-5-2-6-17-33)36-20-8-7-18-35(36)40-34(19-13-21-37(40)43)30-24-26-31(27-25-30)42-41(38-22-9-11-28-44-38)45-39-23-10-12-29-46(39)42/h1-29H. The second kappa shape index (κ2) is 10.5. The Morgan fingerprint density at radius 2 is 1.11 bits per heavy atom. The first kappa shape index (κ1) is 26.4. The van der Waals surface area contributed by atoms with Crippen molar-refractivity contribution in [1.29, 1.82) is 0 Å². The zero-order valence-corrected chi connectivity index (χ0v) is 25.1. The van der Waals surface area contributed by atoms with Gasteiger partial charge >= 0.3 is 0 Å². The SMILES string of the molecule is c1ccc(C2(c3ccccc3)c3ccccc3-c3c(-c4ccc(-c5c(-c6ccccn6)nc6ccccn56)cc4)cccc32)cc1. The highest BCUT2D eigenvalue weighted by atomic mass is 15.0. The lowest BCUT2D eigenvalue weighted by atomic mass is 9.67. The van der Waals surface area contributed by atoms with E-state index in [1.54, 1.807) is 0 Å². The molecule has 3 heterocycles. The first-order valence-electron chi connectivity index (χ1n) is 15.7. The van der Waals surface area contributed by atoms with Gasteiger partial charge in [0, 0.05) is 18.0 Å². The number of rotatable bonds is 5. The van der Waals surface area contributed by atoms with Gasteiger partial charge in [-0.3, -0.25) is 9.38 Å². The Bertz CT molecular complexity index is 2300. The van der Waals surface area contributed by atoms with Crippen molar-refractivity contribution in [3.8, 4) is 44.9 Å². The number of fused-ring (bicyclic) bond motifs is 4. The van der Waals surface area contributed by atoms with E-state index in [9.17, 15) is 0 Å². The molecule has 1 aliphatic carbocycles. The summed E-state index contributed by atoms with van der Waals surface area (Å²) in [5.41, 5.74) is 14.5. The minimum Gasteiger partial charge on any atom is -0.299 e. The fourth-order valence-electron chi connectivity index (χ4n) is 7.49. The number of nitrogens with zero attached hydrogens (tertiary/aromatic N) is 3. The van der Waals surface area contributed by atoms with Crippen LogP contribution in [0, 0.1) is 0 Å². The smallest absolute Gasteiger partial charge is 0.138 e. The summed E-state index contributed by atoms with van der Waals surface area (Å²) in [5.74, 6) is 0. The molecule has 0 radical (unpaired) electrons. The fourth-order valence-corrected chi connectivity index (χ4v) is 7.49. The predicted octanol–water partition coefficient (Wildman–Crippen LogP) is 10.1. The maximum atomic E-state index is 4.99. The number of aromatic nitrogens is 3. The van der Waals surface area contributed by atoms with Crippen LogP contribution in [0.25, 0.3) is 50.5 Å². The van der Waals surface area contributed by atoms with Gasteiger partial charge in [0.1, 0.15) is 11.3 Å². The summed E-state index contributed by atoms with van der Waals surface area (Å²) in [6.45, 7) is 0. The maximum Gasteiger partial charge on any atom is 0.138 e. The molecule has 3 heteroatoms. The summed E-state index contributed by atoms with van der Waals surface area (Å²) in [4.78, 5) is 9.63. The van der Waals surface area contributed by atoms with Crippen LogP contribution in [-0.4, -0.2) is 14.4 Å². The van der Waals surface area contributed by atoms with Gasteiger partial charge < -0.3 is 0 Å². The molecule has 0 amide bonds. The van der Waals surface area contributed by atoms with E-state index in [1.165, 1.54) is 44.5 Å². The van der Waals surface area contributed by atoms with Crippen LogP contribution in [0.15, 0.2) is 176 Å². The van der Waals surface area contributed by atoms with Gasteiger partial charge in [0.25, 0.3) is 0 Å². The molecule has 0 atom stereocenters. The van der Waals surface area contributed by atoms with E-state index in [1.807, 2.05) is 42.6 Å². The largest absolute Gasteiger partial charge is 0.299 e. The van der Waals surface area contributed by atoms with Crippen LogP contribution in [-0.2, 0) is 5.41 Å². The summed E-state index contributed by atoms with van der Waals surface area (Å²) < 4.78 is 2.16. The second-order valence-corrected chi connectivity index (χ2v) is 11.8. The molecule has 0 N–H and O–H groups in total. The van der Waals surface area contributed by atoms with E-state index in [2.05, 4.69) is 143 Å². The number of hydrogen-bond acceptors (Lipinski definition) is 2. The average molecular weight is 588 g/mol. The molecule has 5 aromatic carbocycles. The first-order chi connectivity index (χ1) is 22.8. The van der Waals surface area contributed by atoms with Gasteiger partial charge in [-0.15, -0.1) is 0 Å². The predicted molar refractivity (Wildman–Crippen MR) is 187 cm³/mol. The van der Waals surface area contributed by atoms with Crippen molar-refractivity contribution in [1.82, 2.24) is 14.4 Å². The molecule has 0 bridgehead atoms. The molecule has 46 heavy (non-hydrogen) atoms. The molecule has 0 saturated carbocycles. The molecule has 216 valence electrons. The monoisotopic (exact) mass is 587 g/mol. The third kappa shape index (κ3) is 3.85. The molecule has 1 aliphatic rings. The van der Waals surface area contributed by atoms with E-state index in [0.717, 1.165) is 28.3 Å². The quantitative estimate of drug-likeness (QED) is 0.201. The zero-order chi connectivity index (χ0) is 30.5. The Kier molecular flexibility index (Phi) is 6.04. The van der Waals surface area contributed by atoms with E-state index >= 15 is 0 Å². The highest BCUT2D eigenvalue weighted by Crippen LogP contribution is 2.58. The van der Waals surface area contributed by atoms with Crippen LogP contribution >= 0.6 is 0 Å². The Morgan fingerprint density at radius 3 is 1.85 bits per heavy atom. The van der Waals surface area contributed by atoms with Gasteiger partial charge in [0.2, 0.25) is 0 Å². The summed E-state index contributed by atoms with van der Waals surface area (Å²) in [7, 11) is 0. The van der Waals surface area contributed by atoms with Crippen LogP contribution in [0.4, 0.5) is 0 Å². The first-order valence-corrected chi connectivity index (χ1v) is 15.7. The van der Waals surface area contributed by atoms with Crippen molar-refractivity contribution >= 4 is 5.65 Å². The zero-order valence-electron chi connectivity index (χ0n) is 25.1. The highest BCUT2D eigenvalue weighted by molar-refractivity contribution is 5.95. The summed E-state index contributed by atoms with van der Waals surface area (Å²) >= 11 is 0. The second-order valence-electron chi connectivity index (χ2n) is 11.8. The van der Waals surface area contributed by atoms with Crippen LogP contribution in [0.1, 0.15) is 22.3 Å². The molecule has 8 aromatic rings. The van der Waals surface area contributed by atoms with E-state index in [-0.39, 0.29) is 0 Å². The molecule has 0 fully saturated rings. The molecular formula is C43H29N3. The Morgan fingerprint density at radius 1 is 0.478 bits per heavy atom. The van der Waals surface area contributed by atoms with Crippen LogP contribution in [0.2, 0.25) is 0 Å². The van der Waals surface area contributed by atoms with Crippen molar-refractivity contribution in [2.24, 2.45) is 0 Å². The summed E-state index contributed by atoms with van der Waals surface area (Å²) in [5, 5.41) is 0. The third-order valence-electron chi connectivity index (χ3n) is 9.39. The van der Waals surface area contributed by atoms with Gasteiger partial charge in [-0.1, -0.05) is 140 Å².